The van der Waals surface area contributed by atoms with Crippen LogP contribution in [0.3, 0.4) is 0 Å². The van der Waals surface area contributed by atoms with E-state index in [1.165, 1.54) is 6.20 Å². The van der Waals surface area contributed by atoms with Crippen LogP contribution in [0.4, 0.5) is 5.82 Å². The van der Waals surface area contributed by atoms with E-state index in [2.05, 4.69) is 20.3 Å². The second kappa shape index (κ2) is 9.41. The maximum absolute atomic E-state index is 12.6. The van der Waals surface area contributed by atoms with Crippen LogP contribution in [0, 0.1) is 0 Å². The Morgan fingerprint density at radius 1 is 1.10 bits per heavy atom. The molecule has 0 radical (unpaired) electrons. The van der Waals surface area contributed by atoms with Gasteiger partial charge in [0.2, 0.25) is 5.91 Å². The third-order valence-electron chi connectivity index (χ3n) is 4.32. The Bertz CT molecular complexity index is 980. The summed E-state index contributed by atoms with van der Waals surface area (Å²) in [5.41, 5.74) is 1.64. The molecule has 0 atom stereocenters. The monoisotopic (exact) mass is 391 g/mol. The zero-order chi connectivity index (χ0) is 20.6. The highest BCUT2D eigenvalue weighted by Gasteiger charge is 2.17. The highest BCUT2D eigenvalue weighted by atomic mass is 16.4. The van der Waals surface area contributed by atoms with Crippen molar-refractivity contribution in [3.8, 4) is 11.4 Å². The summed E-state index contributed by atoms with van der Waals surface area (Å²) in [6.45, 7) is 2.78. The lowest BCUT2D eigenvalue weighted by atomic mass is 10.2. The van der Waals surface area contributed by atoms with Crippen LogP contribution in [0.2, 0.25) is 0 Å². The van der Waals surface area contributed by atoms with Crippen molar-refractivity contribution in [1.29, 1.82) is 0 Å². The standard InChI is InChI=1S/C21H21N5O3/c1-2-26(14-15-8-10-22-11-9-15)18(27)13-24-20-17(21(28)29)12-23-19(25-20)16-6-4-3-5-7-16/h3-12H,2,13-14H2,1H3,(H,28,29)(H,23,24,25). The van der Waals surface area contributed by atoms with Gasteiger partial charge in [0.05, 0.1) is 6.54 Å². The molecule has 2 heterocycles. The lowest BCUT2D eigenvalue weighted by molar-refractivity contribution is -0.129. The predicted octanol–water partition coefficient (Wildman–Crippen LogP) is 2.70. The van der Waals surface area contributed by atoms with Crippen LogP contribution in [0.15, 0.2) is 61.1 Å². The molecule has 0 spiro atoms. The van der Waals surface area contributed by atoms with Crippen molar-refractivity contribution in [2.24, 2.45) is 0 Å². The fraction of sp³-hybridized carbons (Fsp3) is 0.190. The molecule has 0 unspecified atom stereocenters. The second-order valence-corrected chi connectivity index (χ2v) is 6.24. The first-order valence-corrected chi connectivity index (χ1v) is 9.14. The topological polar surface area (TPSA) is 108 Å². The Labute approximate surface area is 168 Å². The van der Waals surface area contributed by atoms with E-state index in [1.807, 2.05) is 49.4 Å². The molecule has 3 rings (SSSR count). The number of rotatable bonds is 8. The largest absolute Gasteiger partial charge is 0.477 e. The highest BCUT2D eigenvalue weighted by Crippen LogP contribution is 2.19. The molecule has 0 bridgehead atoms. The molecule has 0 saturated carbocycles. The summed E-state index contributed by atoms with van der Waals surface area (Å²) in [5, 5.41) is 12.3. The number of likely N-dealkylation sites (N-methyl/N-ethyl adjacent to an activating group) is 1. The van der Waals surface area contributed by atoms with Crippen molar-refractivity contribution in [1.82, 2.24) is 19.9 Å². The van der Waals surface area contributed by atoms with Crippen molar-refractivity contribution >= 4 is 17.7 Å². The van der Waals surface area contributed by atoms with E-state index in [9.17, 15) is 14.7 Å². The molecule has 2 N–H and O–H groups in total. The average Bonchev–Trinajstić information content (AvgIpc) is 2.76. The van der Waals surface area contributed by atoms with Gasteiger partial charge in [0.15, 0.2) is 5.82 Å². The molecule has 29 heavy (non-hydrogen) atoms. The van der Waals surface area contributed by atoms with E-state index >= 15 is 0 Å². The van der Waals surface area contributed by atoms with Gasteiger partial charge in [-0.25, -0.2) is 14.8 Å². The van der Waals surface area contributed by atoms with Crippen LogP contribution in [-0.2, 0) is 11.3 Å². The number of hydrogen-bond donors (Lipinski definition) is 2. The third-order valence-corrected chi connectivity index (χ3v) is 4.32. The minimum atomic E-state index is -1.16. The lowest BCUT2D eigenvalue weighted by Gasteiger charge is -2.21. The van der Waals surface area contributed by atoms with Crippen molar-refractivity contribution in [2.75, 3.05) is 18.4 Å². The number of carboxylic acid groups (broad SMARTS) is 1. The van der Waals surface area contributed by atoms with Gasteiger partial charge in [0.1, 0.15) is 11.4 Å². The van der Waals surface area contributed by atoms with Gasteiger partial charge in [-0.1, -0.05) is 30.3 Å². The summed E-state index contributed by atoms with van der Waals surface area (Å²) in [7, 11) is 0. The van der Waals surface area contributed by atoms with Crippen LogP contribution in [-0.4, -0.2) is 49.9 Å². The number of nitrogens with zero attached hydrogens (tertiary/aromatic N) is 4. The fourth-order valence-corrected chi connectivity index (χ4v) is 2.76. The number of hydrogen-bond acceptors (Lipinski definition) is 6. The first kappa shape index (κ1) is 19.9. The van der Waals surface area contributed by atoms with Gasteiger partial charge < -0.3 is 15.3 Å². The Morgan fingerprint density at radius 2 is 1.83 bits per heavy atom. The van der Waals surface area contributed by atoms with E-state index in [0.29, 0.717) is 18.9 Å². The molecule has 1 aromatic carbocycles. The lowest BCUT2D eigenvalue weighted by Crippen LogP contribution is -2.35. The SMILES string of the molecule is CCN(Cc1ccncc1)C(=O)CNc1nc(-c2ccccc2)ncc1C(=O)O. The third kappa shape index (κ3) is 5.13. The van der Waals surface area contributed by atoms with Gasteiger partial charge in [-0.05, 0) is 24.6 Å². The molecule has 148 valence electrons. The second-order valence-electron chi connectivity index (χ2n) is 6.24. The maximum Gasteiger partial charge on any atom is 0.341 e. The van der Waals surface area contributed by atoms with Crippen LogP contribution in [0.1, 0.15) is 22.8 Å². The minimum Gasteiger partial charge on any atom is -0.477 e. The fourth-order valence-electron chi connectivity index (χ4n) is 2.76. The Hall–Kier alpha value is -3.81. The maximum atomic E-state index is 12.6. The molecule has 0 saturated heterocycles. The number of carboxylic acids is 1. The van der Waals surface area contributed by atoms with Crippen molar-refractivity contribution in [2.45, 2.75) is 13.5 Å². The number of anilines is 1. The van der Waals surface area contributed by atoms with E-state index in [4.69, 9.17) is 0 Å². The first-order valence-electron chi connectivity index (χ1n) is 9.14. The van der Waals surface area contributed by atoms with Gasteiger partial charge in [-0.2, -0.15) is 0 Å². The van der Waals surface area contributed by atoms with E-state index in [0.717, 1.165) is 11.1 Å². The van der Waals surface area contributed by atoms with Gasteiger partial charge >= 0.3 is 5.97 Å². The first-order chi connectivity index (χ1) is 14.1. The van der Waals surface area contributed by atoms with Crippen molar-refractivity contribution < 1.29 is 14.7 Å². The summed E-state index contributed by atoms with van der Waals surface area (Å²) in [5.74, 6) is -0.835. The Morgan fingerprint density at radius 3 is 2.48 bits per heavy atom. The quantitative estimate of drug-likeness (QED) is 0.608. The van der Waals surface area contributed by atoms with E-state index in [-0.39, 0.29) is 23.8 Å². The Balaban J connectivity index is 1.75. The molecule has 8 heteroatoms. The number of carbonyl (C=O) groups is 2. The van der Waals surface area contributed by atoms with Gasteiger partial charge in [-0.3, -0.25) is 9.78 Å². The molecule has 2 aromatic heterocycles. The summed E-state index contributed by atoms with van der Waals surface area (Å²) in [4.78, 5) is 38.3. The molecule has 0 aliphatic heterocycles. The van der Waals surface area contributed by atoms with Gasteiger partial charge in [0.25, 0.3) is 0 Å². The summed E-state index contributed by atoms with van der Waals surface area (Å²) in [6.07, 6.45) is 4.60. The Kier molecular flexibility index (Phi) is 6.47. The van der Waals surface area contributed by atoms with Gasteiger partial charge in [-0.15, -0.1) is 0 Å². The average molecular weight is 391 g/mol. The smallest absolute Gasteiger partial charge is 0.341 e. The number of aromatic nitrogens is 3. The van der Waals surface area contributed by atoms with Crippen molar-refractivity contribution in [3.05, 3.63) is 72.2 Å². The number of pyridine rings is 1. The normalized spacial score (nSPS) is 10.4. The molecule has 8 nitrogen and oxygen atoms in total. The van der Waals surface area contributed by atoms with E-state index < -0.39 is 5.97 Å². The summed E-state index contributed by atoms with van der Waals surface area (Å²) >= 11 is 0. The number of amides is 1. The molecule has 3 aromatic rings. The van der Waals surface area contributed by atoms with Crippen LogP contribution in [0.5, 0.6) is 0 Å². The molecular formula is C21H21N5O3. The zero-order valence-corrected chi connectivity index (χ0v) is 15.9. The van der Waals surface area contributed by atoms with Crippen molar-refractivity contribution in [3.63, 3.8) is 0 Å². The highest BCUT2D eigenvalue weighted by molar-refractivity contribution is 5.94. The molecular weight excluding hydrogens is 370 g/mol. The van der Waals surface area contributed by atoms with E-state index in [1.54, 1.807) is 17.3 Å². The number of carbonyl (C=O) groups excluding carboxylic acids is 1. The van der Waals surface area contributed by atoms with Gasteiger partial charge in [0, 0.05) is 37.2 Å². The predicted molar refractivity (Wildman–Crippen MR) is 108 cm³/mol. The number of aromatic carboxylic acids is 1. The number of nitrogens with one attached hydrogen (secondary N) is 1. The minimum absolute atomic E-state index is 0.0789. The van der Waals surface area contributed by atoms with Crippen LogP contribution >= 0.6 is 0 Å². The molecule has 1 amide bonds. The van der Waals surface area contributed by atoms with Crippen LogP contribution < -0.4 is 5.32 Å². The number of benzene rings is 1. The zero-order valence-electron chi connectivity index (χ0n) is 15.9. The summed E-state index contributed by atoms with van der Waals surface area (Å²) in [6, 6.07) is 12.9. The summed E-state index contributed by atoms with van der Waals surface area (Å²) < 4.78 is 0. The molecule has 0 aliphatic rings. The molecule has 0 aliphatic carbocycles. The van der Waals surface area contributed by atoms with Crippen LogP contribution in [0.25, 0.3) is 11.4 Å². The molecule has 0 fully saturated rings.